The highest BCUT2D eigenvalue weighted by Gasteiger charge is 1.70. The number of nitrogens with zero attached hydrogens (tertiary/aromatic N) is 2. The number of rotatable bonds is 5. The van der Waals surface area contributed by atoms with Crippen LogP contribution in [0.3, 0.4) is 0 Å². The van der Waals surface area contributed by atoms with Crippen LogP contribution in [0.25, 0.3) is 0 Å². The van der Waals surface area contributed by atoms with Gasteiger partial charge < -0.3 is 11.1 Å². The van der Waals surface area contributed by atoms with Gasteiger partial charge in [0.25, 0.3) is 0 Å². The topological polar surface area (TPSA) is 74.6 Å². The van der Waals surface area contributed by atoms with Crippen molar-refractivity contribution < 1.29 is 0 Å². The van der Waals surface area contributed by atoms with Gasteiger partial charge in [-0.05, 0) is 0 Å². The van der Waals surface area contributed by atoms with E-state index in [-0.39, 0.29) is 0 Å². The minimum absolute atomic E-state index is 0.443. The van der Waals surface area contributed by atoms with Crippen LogP contribution in [-0.2, 0) is 0 Å². The van der Waals surface area contributed by atoms with Gasteiger partial charge >= 0.3 is 0 Å². The standard InChI is InChI=1S/C6H12N4/c7-1-3-9-5-6-10-4-2-8/h1,4-5,7H,2-3,6,8H2. The summed E-state index contributed by atoms with van der Waals surface area (Å²) in [5, 5.41) is 6.62. The first-order valence-electron chi connectivity index (χ1n) is 3.07. The van der Waals surface area contributed by atoms with Gasteiger partial charge in [-0.25, -0.2) is 0 Å². The molecule has 0 aliphatic heterocycles. The Hall–Kier alpha value is -1.03. The molecule has 0 fully saturated rings. The van der Waals surface area contributed by atoms with E-state index >= 15 is 0 Å². The lowest BCUT2D eigenvalue weighted by molar-refractivity contribution is 1.24. The average Bonchev–Trinajstić information content (AvgIpc) is 1.97. The van der Waals surface area contributed by atoms with E-state index in [2.05, 4.69) is 9.98 Å². The lowest BCUT2D eigenvalue weighted by Crippen LogP contribution is -1.99. The number of nitrogens with two attached hydrogens (primary N) is 1. The number of aliphatic imine (C=N–C) groups is 2. The maximum atomic E-state index is 6.62. The third-order valence-corrected chi connectivity index (χ3v) is 0.747. The molecule has 4 heteroatoms. The predicted molar refractivity (Wildman–Crippen MR) is 44.6 cm³/mol. The van der Waals surface area contributed by atoms with Gasteiger partial charge in [-0.2, -0.15) is 0 Å². The quantitative estimate of drug-likeness (QED) is 0.507. The van der Waals surface area contributed by atoms with Crippen LogP contribution in [0.1, 0.15) is 0 Å². The molecule has 0 aromatic rings. The Labute approximate surface area is 60.4 Å². The molecule has 0 aliphatic rings. The van der Waals surface area contributed by atoms with Crippen molar-refractivity contribution >= 4 is 18.6 Å². The zero-order valence-corrected chi connectivity index (χ0v) is 5.83. The van der Waals surface area contributed by atoms with Crippen LogP contribution in [-0.4, -0.2) is 38.3 Å². The summed E-state index contributed by atoms with van der Waals surface area (Å²) >= 11 is 0. The van der Waals surface area contributed by atoms with Crippen molar-refractivity contribution in [1.29, 1.82) is 5.41 Å². The van der Waals surface area contributed by atoms with Gasteiger partial charge in [-0.1, -0.05) is 0 Å². The Morgan fingerprint density at radius 1 is 1.20 bits per heavy atom. The first kappa shape index (κ1) is 8.97. The van der Waals surface area contributed by atoms with E-state index in [0.29, 0.717) is 19.6 Å². The highest BCUT2D eigenvalue weighted by molar-refractivity contribution is 5.68. The van der Waals surface area contributed by atoms with E-state index < -0.39 is 0 Å². The normalized spacial score (nSPS) is 11.3. The molecule has 0 radical (unpaired) electrons. The summed E-state index contributed by atoms with van der Waals surface area (Å²) in [6, 6.07) is 0. The molecule has 0 saturated heterocycles. The molecule has 0 spiro atoms. The number of hydrogen-bond donors (Lipinski definition) is 2. The van der Waals surface area contributed by atoms with Gasteiger partial charge in [0.05, 0.1) is 13.1 Å². The number of hydrogen-bond acceptors (Lipinski definition) is 4. The summed E-state index contributed by atoms with van der Waals surface area (Å²) in [7, 11) is 0. The van der Waals surface area contributed by atoms with E-state index in [1.807, 2.05) is 0 Å². The molecule has 56 valence electrons. The fraction of sp³-hybridized carbons (Fsp3) is 0.500. The van der Waals surface area contributed by atoms with Gasteiger partial charge in [0.15, 0.2) is 0 Å². The van der Waals surface area contributed by atoms with E-state index in [0.717, 1.165) is 0 Å². The second kappa shape index (κ2) is 7.97. The van der Waals surface area contributed by atoms with Gasteiger partial charge in [0.2, 0.25) is 0 Å². The van der Waals surface area contributed by atoms with Gasteiger partial charge in [-0.15, -0.1) is 0 Å². The fourth-order valence-electron chi connectivity index (χ4n) is 0.381. The molecule has 0 unspecified atom stereocenters. The molecule has 0 saturated carbocycles. The van der Waals surface area contributed by atoms with Crippen LogP contribution in [0.15, 0.2) is 9.98 Å². The molecule has 0 aliphatic carbocycles. The van der Waals surface area contributed by atoms with E-state index in [4.69, 9.17) is 11.1 Å². The lowest BCUT2D eigenvalue weighted by Gasteiger charge is -1.81. The highest BCUT2D eigenvalue weighted by Crippen LogP contribution is 1.64. The Morgan fingerprint density at radius 2 is 1.90 bits per heavy atom. The molecule has 0 atom stereocenters. The molecule has 0 rings (SSSR count). The highest BCUT2D eigenvalue weighted by atomic mass is 14.8. The molecule has 3 N–H and O–H groups in total. The van der Waals surface area contributed by atoms with Crippen molar-refractivity contribution in [2.24, 2.45) is 15.7 Å². The zero-order chi connectivity index (χ0) is 7.66. The van der Waals surface area contributed by atoms with Gasteiger partial charge in [-0.3, -0.25) is 9.98 Å². The Bertz CT molecular complexity index is 128. The summed E-state index contributed by atoms with van der Waals surface area (Å²) < 4.78 is 0. The van der Waals surface area contributed by atoms with Crippen LogP contribution < -0.4 is 5.73 Å². The van der Waals surface area contributed by atoms with Crippen LogP contribution >= 0.6 is 0 Å². The zero-order valence-electron chi connectivity index (χ0n) is 5.83. The van der Waals surface area contributed by atoms with Gasteiger partial charge in [0, 0.05) is 25.2 Å². The van der Waals surface area contributed by atoms with Crippen molar-refractivity contribution in [2.45, 2.75) is 0 Å². The summed E-state index contributed by atoms with van der Waals surface area (Å²) in [5.74, 6) is 0. The largest absolute Gasteiger partial charge is 0.326 e. The van der Waals surface area contributed by atoms with Crippen molar-refractivity contribution in [1.82, 2.24) is 0 Å². The number of nitrogens with one attached hydrogen (secondary N) is 1. The molecule has 10 heavy (non-hydrogen) atoms. The van der Waals surface area contributed by atoms with Crippen LogP contribution in [0.5, 0.6) is 0 Å². The second-order valence-electron chi connectivity index (χ2n) is 1.54. The summed E-state index contributed by atoms with van der Waals surface area (Å²) in [6.45, 7) is 1.47. The van der Waals surface area contributed by atoms with Crippen LogP contribution in [0.4, 0.5) is 0 Å². The average molecular weight is 140 g/mol. The van der Waals surface area contributed by atoms with E-state index in [1.54, 1.807) is 12.4 Å². The van der Waals surface area contributed by atoms with Crippen molar-refractivity contribution in [3.05, 3.63) is 0 Å². The Morgan fingerprint density at radius 3 is 2.50 bits per heavy atom. The minimum atomic E-state index is 0.443. The SMILES string of the molecule is N=CCN=CCN=CCN. The Balaban J connectivity index is 3.17. The monoisotopic (exact) mass is 140 g/mol. The maximum absolute atomic E-state index is 6.62. The molecular formula is C6H12N4. The Kier molecular flexibility index (Phi) is 7.15. The first-order chi connectivity index (χ1) is 4.91. The molecule has 0 amide bonds. The van der Waals surface area contributed by atoms with E-state index in [9.17, 15) is 0 Å². The predicted octanol–water partition coefficient (Wildman–Crippen LogP) is -0.264. The second-order valence-corrected chi connectivity index (χ2v) is 1.54. The molecule has 0 heterocycles. The van der Waals surface area contributed by atoms with Crippen molar-refractivity contribution in [3.8, 4) is 0 Å². The summed E-state index contributed by atoms with van der Waals surface area (Å²) in [5.41, 5.74) is 5.14. The maximum Gasteiger partial charge on any atom is 0.0734 e. The van der Waals surface area contributed by atoms with Crippen LogP contribution in [0.2, 0.25) is 0 Å². The molecule has 0 bridgehead atoms. The fourth-order valence-corrected chi connectivity index (χ4v) is 0.381. The third kappa shape index (κ3) is 6.97. The van der Waals surface area contributed by atoms with Crippen molar-refractivity contribution in [3.63, 3.8) is 0 Å². The first-order valence-corrected chi connectivity index (χ1v) is 3.07. The molecule has 0 aromatic heterocycles. The van der Waals surface area contributed by atoms with Gasteiger partial charge in [0.1, 0.15) is 0 Å². The smallest absolute Gasteiger partial charge is 0.0734 e. The third-order valence-electron chi connectivity index (χ3n) is 0.747. The van der Waals surface area contributed by atoms with Crippen LogP contribution in [0, 0.1) is 5.41 Å². The lowest BCUT2D eigenvalue weighted by atomic mass is 10.6. The summed E-state index contributed by atoms with van der Waals surface area (Å²) in [6.07, 6.45) is 4.54. The molecular weight excluding hydrogens is 128 g/mol. The van der Waals surface area contributed by atoms with E-state index in [1.165, 1.54) is 6.21 Å². The molecule has 0 aromatic carbocycles. The van der Waals surface area contributed by atoms with Crippen molar-refractivity contribution in [2.75, 3.05) is 19.6 Å². The molecule has 4 nitrogen and oxygen atoms in total. The summed E-state index contributed by atoms with van der Waals surface area (Å²) in [4.78, 5) is 7.73. The minimum Gasteiger partial charge on any atom is -0.326 e.